The van der Waals surface area contributed by atoms with Gasteiger partial charge in [-0.2, -0.15) is 10.2 Å². The average Bonchev–Trinajstić information content (AvgIpc) is 2.47. The van der Waals surface area contributed by atoms with E-state index in [1.807, 2.05) is 36.6 Å². The third-order valence-electron chi connectivity index (χ3n) is 2.70. The zero-order valence-corrected chi connectivity index (χ0v) is 10.6. The molecule has 0 amide bonds. The molecule has 0 aliphatic heterocycles. The van der Waals surface area contributed by atoms with E-state index in [1.54, 1.807) is 24.2 Å². The van der Waals surface area contributed by atoms with Crippen molar-refractivity contribution in [2.75, 3.05) is 6.26 Å². The van der Waals surface area contributed by atoms with E-state index in [0.29, 0.717) is 0 Å². The molecule has 4 nitrogen and oxygen atoms in total. The van der Waals surface area contributed by atoms with Gasteiger partial charge in [0.25, 0.3) is 0 Å². The predicted molar refractivity (Wildman–Crippen MR) is 72.3 cm³/mol. The Kier molecular flexibility index (Phi) is 2.90. The van der Waals surface area contributed by atoms with Gasteiger partial charge >= 0.3 is 0 Å². The predicted octanol–water partition coefficient (Wildman–Crippen LogP) is 2.81. The Bertz CT molecular complexity index is 685. The fraction of sp³-hybridized carbons (Fsp3) is 0.0769. The lowest BCUT2D eigenvalue weighted by atomic mass is 10.1. The highest BCUT2D eigenvalue weighted by Crippen LogP contribution is 2.29. The second kappa shape index (κ2) is 4.70. The first-order valence-corrected chi connectivity index (χ1v) is 6.69. The Balaban J connectivity index is 2.32. The third kappa shape index (κ3) is 1.82. The van der Waals surface area contributed by atoms with Crippen LogP contribution in [0.3, 0.4) is 0 Å². The van der Waals surface area contributed by atoms with Crippen molar-refractivity contribution >= 4 is 22.5 Å². The normalized spacial score (nSPS) is 10.7. The Morgan fingerprint density at radius 3 is 2.33 bits per heavy atom. The molecule has 18 heavy (non-hydrogen) atoms. The van der Waals surface area contributed by atoms with Gasteiger partial charge in [-0.05, 0) is 6.26 Å². The van der Waals surface area contributed by atoms with Crippen LogP contribution in [0.4, 0.5) is 0 Å². The minimum absolute atomic E-state index is 0.846. The molecule has 0 aliphatic rings. The molecule has 0 atom stereocenters. The summed E-state index contributed by atoms with van der Waals surface area (Å²) < 4.78 is 0. The summed E-state index contributed by atoms with van der Waals surface area (Å²) in [5, 5.41) is 19.3. The van der Waals surface area contributed by atoms with Crippen LogP contribution in [0.2, 0.25) is 0 Å². The summed E-state index contributed by atoms with van der Waals surface area (Å²) >= 11 is 1.56. The molecule has 2 heterocycles. The fourth-order valence-electron chi connectivity index (χ4n) is 1.84. The molecular weight excluding hydrogens is 244 g/mol. The summed E-state index contributed by atoms with van der Waals surface area (Å²) in [7, 11) is 0. The van der Waals surface area contributed by atoms with Crippen LogP contribution in [0, 0.1) is 0 Å². The minimum Gasteiger partial charge on any atom is -0.158 e. The molecular formula is C13H10N4S. The highest BCUT2D eigenvalue weighted by atomic mass is 32.2. The number of nitrogens with zero attached hydrogens (tertiary/aromatic N) is 4. The summed E-state index contributed by atoms with van der Waals surface area (Å²) in [6.07, 6.45) is 5.46. The highest BCUT2D eigenvalue weighted by Gasteiger charge is 2.10. The quantitative estimate of drug-likeness (QED) is 0.658. The van der Waals surface area contributed by atoms with Gasteiger partial charge in [-0.25, -0.2) is 0 Å². The summed E-state index contributed by atoms with van der Waals surface area (Å²) in [4.78, 5) is 0. The maximum atomic E-state index is 4.31. The second-order valence-corrected chi connectivity index (χ2v) is 4.54. The molecule has 0 aliphatic carbocycles. The monoisotopic (exact) mass is 254 g/mol. The standard InChI is InChI=1S/C13H10N4S/c1-18-13-11-8-15-14-7-10(11)12(16-17-13)9-5-3-2-4-6-9/h2-8H,1H3. The number of thioether (sulfide) groups is 1. The van der Waals surface area contributed by atoms with Gasteiger partial charge in [0.2, 0.25) is 0 Å². The Morgan fingerprint density at radius 1 is 0.889 bits per heavy atom. The number of hydrogen-bond acceptors (Lipinski definition) is 5. The van der Waals surface area contributed by atoms with E-state index < -0.39 is 0 Å². The van der Waals surface area contributed by atoms with Gasteiger partial charge in [0.1, 0.15) is 10.7 Å². The van der Waals surface area contributed by atoms with E-state index in [4.69, 9.17) is 0 Å². The molecule has 88 valence electrons. The Morgan fingerprint density at radius 2 is 1.61 bits per heavy atom. The van der Waals surface area contributed by atoms with E-state index in [0.717, 1.165) is 27.1 Å². The third-order valence-corrected chi connectivity index (χ3v) is 3.39. The lowest BCUT2D eigenvalue weighted by Crippen LogP contribution is -1.94. The molecule has 0 N–H and O–H groups in total. The van der Waals surface area contributed by atoms with Crippen molar-refractivity contribution in [1.29, 1.82) is 0 Å². The molecule has 5 heteroatoms. The number of fused-ring (bicyclic) bond motifs is 1. The van der Waals surface area contributed by atoms with Gasteiger partial charge in [0, 0.05) is 16.3 Å². The molecule has 1 aromatic carbocycles. The van der Waals surface area contributed by atoms with Gasteiger partial charge in [-0.1, -0.05) is 30.3 Å². The van der Waals surface area contributed by atoms with Crippen LogP contribution in [0.1, 0.15) is 0 Å². The van der Waals surface area contributed by atoms with Gasteiger partial charge in [0.15, 0.2) is 0 Å². The lowest BCUT2D eigenvalue weighted by molar-refractivity contribution is 0.949. The topological polar surface area (TPSA) is 51.6 Å². The number of benzene rings is 1. The van der Waals surface area contributed by atoms with Crippen molar-refractivity contribution in [1.82, 2.24) is 20.4 Å². The van der Waals surface area contributed by atoms with Crippen molar-refractivity contribution in [2.24, 2.45) is 0 Å². The second-order valence-electron chi connectivity index (χ2n) is 3.74. The lowest BCUT2D eigenvalue weighted by Gasteiger charge is -2.06. The van der Waals surface area contributed by atoms with Crippen molar-refractivity contribution in [3.05, 3.63) is 42.7 Å². The van der Waals surface area contributed by atoms with Crippen LogP contribution in [-0.4, -0.2) is 26.7 Å². The molecule has 2 aromatic heterocycles. The van der Waals surface area contributed by atoms with Crippen LogP contribution in [-0.2, 0) is 0 Å². The fourth-order valence-corrected chi connectivity index (χ4v) is 2.35. The summed E-state index contributed by atoms with van der Waals surface area (Å²) in [5.41, 5.74) is 1.88. The van der Waals surface area contributed by atoms with Crippen LogP contribution in [0.25, 0.3) is 22.0 Å². The zero-order valence-electron chi connectivity index (χ0n) is 9.74. The minimum atomic E-state index is 0.846. The summed E-state index contributed by atoms with van der Waals surface area (Å²) in [5.74, 6) is 0. The molecule has 0 unspecified atom stereocenters. The molecule has 0 bridgehead atoms. The molecule has 0 saturated carbocycles. The first-order chi connectivity index (χ1) is 8.90. The SMILES string of the molecule is CSc1nnc(-c2ccccc2)c2cnncc12. The number of rotatable bonds is 2. The van der Waals surface area contributed by atoms with Gasteiger partial charge < -0.3 is 0 Å². The van der Waals surface area contributed by atoms with Crippen molar-refractivity contribution < 1.29 is 0 Å². The van der Waals surface area contributed by atoms with E-state index in [-0.39, 0.29) is 0 Å². The first-order valence-electron chi connectivity index (χ1n) is 5.46. The van der Waals surface area contributed by atoms with Crippen LogP contribution in [0.15, 0.2) is 47.8 Å². The molecule has 0 fully saturated rings. The molecule has 0 saturated heterocycles. The Labute approximate surface area is 108 Å². The molecule has 0 radical (unpaired) electrons. The average molecular weight is 254 g/mol. The molecule has 3 aromatic rings. The van der Waals surface area contributed by atoms with Crippen LogP contribution >= 0.6 is 11.8 Å². The van der Waals surface area contributed by atoms with Crippen molar-refractivity contribution in [3.63, 3.8) is 0 Å². The smallest absolute Gasteiger partial charge is 0.128 e. The first kappa shape index (κ1) is 11.1. The molecule has 3 rings (SSSR count). The summed E-state index contributed by atoms with van der Waals surface area (Å²) in [6, 6.07) is 9.99. The maximum Gasteiger partial charge on any atom is 0.128 e. The maximum absolute atomic E-state index is 4.31. The van der Waals surface area contributed by atoms with Gasteiger partial charge in [-0.15, -0.1) is 22.0 Å². The van der Waals surface area contributed by atoms with Crippen molar-refractivity contribution in [3.8, 4) is 11.3 Å². The number of hydrogen-bond donors (Lipinski definition) is 0. The van der Waals surface area contributed by atoms with Gasteiger partial charge in [0.05, 0.1) is 12.4 Å². The summed E-state index contributed by atoms with van der Waals surface area (Å²) in [6.45, 7) is 0. The number of aromatic nitrogens is 4. The van der Waals surface area contributed by atoms with Crippen LogP contribution < -0.4 is 0 Å². The molecule has 0 spiro atoms. The van der Waals surface area contributed by atoms with Crippen LogP contribution in [0.5, 0.6) is 0 Å². The largest absolute Gasteiger partial charge is 0.158 e. The zero-order chi connectivity index (χ0) is 12.4. The van der Waals surface area contributed by atoms with E-state index in [1.165, 1.54) is 0 Å². The van der Waals surface area contributed by atoms with Gasteiger partial charge in [-0.3, -0.25) is 0 Å². The Hall–Kier alpha value is -2.01. The van der Waals surface area contributed by atoms with E-state index >= 15 is 0 Å². The van der Waals surface area contributed by atoms with Crippen molar-refractivity contribution in [2.45, 2.75) is 5.03 Å². The highest BCUT2D eigenvalue weighted by molar-refractivity contribution is 7.98. The van der Waals surface area contributed by atoms with E-state index in [9.17, 15) is 0 Å². The van der Waals surface area contributed by atoms with E-state index in [2.05, 4.69) is 20.4 Å².